The molecule has 0 unspecified atom stereocenters. The molecule has 1 saturated heterocycles. The Morgan fingerprint density at radius 1 is 0.684 bits per heavy atom. The van der Waals surface area contributed by atoms with Crippen molar-refractivity contribution in [3.05, 3.63) is 0 Å². The number of cyclic esters (lactones) is 2. The third kappa shape index (κ3) is 10.1. The van der Waals surface area contributed by atoms with Crippen LogP contribution in [-0.4, -0.2) is 48.2 Å². The predicted molar refractivity (Wildman–Crippen MR) is 79.7 cm³/mol. The van der Waals surface area contributed by atoms with E-state index in [9.17, 15) is 9.59 Å². The van der Waals surface area contributed by atoms with Crippen molar-refractivity contribution in [1.82, 2.24) is 0 Å². The molecule has 0 radical (unpaired) electrons. The minimum Gasteiger partial charge on any atom is -0.466 e. The van der Waals surface area contributed by atoms with Crippen molar-refractivity contribution < 1.29 is 19.1 Å². The molecule has 6 heteroatoms. The number of rotatable bonds is 0. The lowest BCUT2D eigenvalue weighted by atomic mass is 10.3. The van der Waals surface area contributed by atoms with Crippen LogP contribution in [0.15, 0.2) is 0 Å². The average molecular weight is 306 g/mol. The zero-order valence-electron chi connectivity index (χ0n) is 11.2. The Hall–Kier alpha value is -0.360. The molecule has 0 aromatic rings. The summed E-state index contributed by atoms with van der Waals surface area (Å²) in [7, 11) is 0. The van der Waals surface area contributed by atoms with Gasteiger partial charge in [-0.15, -0.1) is 0 Å². The third-order valence-electron chi connectivity index (χ3n) is 2.50. The first-order valence-corrected chi connectivity index (χ1v) is 9.07. The zero-order valence-corrected chi connectivity index (χ0v) is 12.9. The molecule has 0 bridgehead atoms. The number of carbonyl (C=O) groups is 2. The first-order chi connectivity index (χ1) is 9.29. The molecule has 0 aromatic heterocycles. The second-order valence-corrected chi connectivity index (χ2v) is 6.68. The van der Waals surface area contributed by atoms with Gasteiger partial charge < -0.3 is 9.47 Å². The van der Waals surface area contributed by atoms with Crippen molar-refractivity contribution in [3.63, 3.8) is 0 Å². The van der Waals surface area contributed by atoms with Crippen molar-refractivity contribution in [2.45, 2.75) is 32.1 Å². The van der Waals surface area contributed by atoms with Crippen molar-refractivity contribution in [1.29, 1.82) is 0 Å². The molecule has 1 aliphatic rings. The molecule has 1 aliphatic heterocycles. The normalized spacial score (nSPS) is 22.1. The van der Waals surface area contributed by atoms with Crippen LogP contribution in [0.4, 0.5) is 0 Å². The Labute approximate surface area is 123 Å². The van der Waals surface area contributed by atoms with Gasteiger partial charge in [0.25, 0.3) is 0 Å². The van der Waals surface area contributed by atoms with E-state index in [0.29, 0.717) is 13.2 Å². The largest absolute Gasteiger partial charge is 0.466 e. The van der Waals surface area contributed by atoms with Gasteiger partial charge in [0.05, 0.1) is 26.1 Å². The van der Waals surface area contributed by atoms with Crippen molar-refractivity contribution in [2.75, 3.05) is 36.2 Å². The summed E-state index contributed by atoms with van der Waals surface area (Å²) < 4.78 is 10.1. The molecule has 0 amide bonds. The van der Waals surface area contributed by atoms with Crippen LogP contribution in [0.25, 0.3) is 0 Å². The maximum Gasteiger partial charge on any atom is 0.306 e. The van der Waals surface area contributed by atoms with E-state index in [2.05, 4.69) is 0 Å². The predicted octanol–water partition coefficient (Wildman–Crippen LogP) is 2.50. The fraction of sp³-hybridized carbons (Fsp3) is 0.846. The molecule has 0 atom stereocenters. The van der Waals surface area contributed by atoms with E-state index in [1.807, 2.05) is 23.5 Å². The van der Waals surface area contributed by atoms with Crippen LogP contribution in [0.5, 0.6) is 0 Å². The minimum atomic E-state index is -0.304. The highest BCUT2D eigenvalue weighted by atomic mass is 32.2. The van der Waals surface area contributed by atoms with Crippen LogP contribution < -0.4 is 0 Å². The van der Waals surface area contributed by atoms with Gasteiger partial charge in [-0.2, -0.15) is 23.5 Å². The second kappa shape index (κ2) is 11.5. The number of esters is 2. The second-order valence-electron chi connectivity index (χ2n) is 4.23. The number of ether oxygens (including phenoxy) is 2. The maximum atomic E-state index is 11.3. The number of hydrogen-bond donors (Lipinski definition) is 0. The summed E-state index contributed by atoms with van der Waals surface area (Å²) in [5.41, 5.74) is 0. The van der Waals surface area contributed by atoms with Crippen LogP contribution in [0.2, 0.25) is 0 Å². The van der Waals surface area contributed by atoms with Gasteiger partial charge in [-0.1, -0.05) is 0 Å². The first-order valence-electron chi connectivity index (χ1n) is 6.76. The van der Waals surface area contributed by atoms with Gasteiger partial charge in [0.2, 0.25) is 0 Å². The Kier molecular flexibility index (Phi) is 10.1. The summed E-state index contributed by atoms with van der Waals surface area (Å²) in [6.45, 7) is 0.908. The topological polar surface area (TPSA) is 52.6 Å². The lowest BCUT2D eigenvalue weighted by Gasteiger charge is -2.05. The lowest BCUT2D eigenvalue weighted by molar-refractivity contribution is -0.150. The zero-order chi connectivity index (χ0) is 13.8. The lowest BCUT2D eigenvalue weighted by Crippen LogP contribution is -2.12. The Bertz CT molecular complexity index is 245. The smallest absolute Gasteiger partial charge is 0.306 e. The summed E-state index contributed by atoms with van der Waals surface area (Å²) in [6.07, 6.45) is 3.22. The molecule has 0 spiro atoms. The van der Waals surface area contributed by atoms with E-state index in [4.69, 9.17) is 9.47 Å². The molecule has 19 heavy (non-hydrogen) atoms. The summed E-state index contributed by atoms with van der Waals surface area (Å²) in [5.74, 6) is 3.77. The molecular weight excluding hydrogens is 284 g/mol. The first kappa shape index (κ1) is 16.7. The van der Waals surface area contributed by atoms with Crippen molar-refractivity contribution in [3.8, 4) is 0 Å². The average Bonchev–Trinajstić information content (AvgIpc) is 2.41. The van der Waals surface area contributed by atoms with Crippen LogP contribution in [-0.2, 0) is 19.1 Å². The van der Waals surface area contributed by atoms with Crippen LogP contribution in [0.3, 0.4) is 0 Å². The number of carbonyl (C=O) groups excluding carboxylic acids is 2. The molecule has 0 aromatic carbocycles. The van der Waals surface area contributed by atoms with Crippen LogP contribution in [0, 0.1) is 0 Å². The van der Waals surface area contributed by atoms with Gasteiger partial charge in [-0.05, 0) is 42.3 Å². The highest BCUT2D eigenvalue weighted by molar-refractivity contribution is 8.00. The highest BCUT2D eigenvalue weighted by Crippen LogP contribution is 2.11. The van der Waals surface area contributed by atoms with Gasteiger partial charge >= 0.3 is 11.9 Å². The van der Waals surface area contributed by atoms with Gasteiger partial charge in [0.1, 0.15) is 0 Å². The summed E-state index contributed by atoms with van der Waals surface area (Å²) >= 11 is 3.82. The molecule has 110 valence electrons. The maximum absolute atomic E-state index is 11.3. The third-order valence-corrected chi connectivity index (χ3v) is 4.81. The quantitative estimate of drug-likeness (QED) is 0.641. The standard InChI is InChI=1S/C13H22O4S2/c14-12-4-5-13(15)17-7-2-9-19-11-3-10-18-8-1-6-16-12/h1-11H2. The van der Waals surface area contributed by atoms with E-state index >= 15 is 0 Å². The van der Waals surface area contributed by atoms with Crippen molar-refractivity contribution >= 4 is 35.5 Å². The SMILES string of the molecule is O=C1CCC(=O)OCCCSCCCSCCCO1. The summed E-state index contributed by atoms with van der Waals surface area (Å²) in [4.78, 5) is 22.7. The fourth-order valence-electron chi connectivity index (χ4n) is 1.51. The Balaban J connectivity index is 2.22. The highest BCUT2D eigenvalue weighted by Gasteiger charge is 2.09. The molecule has 1 heterocycles. The molecule has 0 aliphatic carbocycles. The number of hydrogen-bond acceptors (Lipinski definition) is 6. The van der Waals surface area contributed by atoms with Gasteiger partial charge in [0, 0.05) is 0 Å². The Morgan fingerprint density at radius 2 is 1.11 bits per heavy atom. The van der Waals surface area contributed by atoms with E-state index in [-0.39, 0.29) is 24.8 Å². The molecule has 1 fully saturated rings. The molecular formula is C13H22O4S2. The van der Waals surface area contributed by atoms with E-state index in [0.717, 1.165) is 35.9 Å². The monoisotopic (exact) mass is 306 g/mol. The van der Waals surface area contributed by atoms with E-state index in [1.165, 1.54) is 6.42 Å². The Morgan fingerprint density at radius 3 is 1.58 bits per heavy atom. The van der Waals surface area contributed by atoms with Crippen molar-refractivity contribution in [2.24, 2.45) is 0 Å². The van der Waals surface area contributed by atoms with Crippen LogP contribution >= 0.6 is 23.5 Å². The van der Waals surface area contributed by atoms with Gasteiger partial charge in [-0.3, -0.25) is 9.59 Å². The summed E-state index contributed by atoms with van der Waals surface area (Å²) in [6, 6.07) is 0. The fourth-order valence-corrected chi connectivity index (χ4v) is 3.44. The van der Waals surface area contributed by atoms with Crippen LogP contribution in [0.1, 0.15) is 32.1 Å². The van der Waals surface area contributed by atoms with E-state index < -0.39 is 0 Å². The molecule has 4 nitrogen and oxygen atoms in total. The van der Waals surface area contributed by atoms with E-state index in [1.54, 1.807) is 0 Å². The molecule has 0 N–H and O–H groups in total. The van der Waals surface area contributed by atoms with Gasteiger partial charge in [0.15, 0.2) is 0 Å². The number of thioether (sulfide) groups is 2. The molecule has 0 saturated carbocycles. The minimum absolute atomic E-state index is 0.126. The summed E-state index contributed by atoms with van der Waals surface area (Å²) in [5, 5.41) is 0. The van der Waals surface area contributed by atoms with Gasteiger partial charge in [-0.25, -0.2) is 0 Å². The molecule has 1 rings (SSSR count).